The molecule has 6 nitrogen and oxygen atoms in total. The van der Waals surface area contributed by atoms with E-state index in [1.54, 1.807) is 11.1 Å². The molecule has 2 N–H and O–H groups in total. The molecule has 1 saturated heterocycles. The lowest BCUT2D eigenvalue weighted by molar-refractivity contribution is 0.0225. The number of ether oxygens (including phenoxy) is 1. The van der Waals surface area contributed by atoms with Crippen molar-refractivity contribution in [3.05, 3.63) is 11.8 Å². The van der Waals surface area contributed by atoms with Crippen molar-refractivity contribution in [2.24, 2.45) is 0 Å². The van der Waals surface area contributed by atoms with Gasteiger partial charge in [-0.2, -0.15) is 0 Å². The maximum Gasteiger partial charge on any atom is 0.410 e. The van der Waals surface area contributed by atoms with Gasteiger partial charge in [0.2, 0.25) is 5.88 Å². The van der Waals surface area contributed by atoms with Crippen molar-refractivity contribution in [1.29, 1.82) is 0 Å². The van der Waals surface area contributed by atoms with E-state index >= 15 is 0 Å². The van der Waals surface area contributed by atoms with Crippen LogP contribution in [0.15, 0.2) is 10.7 Å². The molecule has 1 aliphatic rings. The lowest BCUT2D eigenvalue weighted by Gasteiger charge is -2.28. The minimum absolute atomic E-state index is 0.0916. The molecule has 1 unspecified atom stereocenters. The summed E-state index contributed by atoms with van der Waals surface area (Å²) >= 11 is 0. The van der Waals surface area contributed by atoms with Crippen LogP contribution >= 0.6 is 0 Å². The highest BCUT2D eigenvalue weighted by molar-refractivity contribution is 5.69. The smallest absolute Gasteiger partial charge is 0.410 e. The average Bonchev–Trinajstić information content (AvgIpc) is 2.82. The number of carbonyl (C=O) groups excluding carboxylic acids is 1. The summed E-state index contributed by atoms with van der Waals surface area (Å²) < 4.78 is 10.2. The summed E-state index contributed by atoms with van der Waals surface area (Å²) in [6.45, 7) is 6.22. The number of rotatable bonds is 1. The van der Waals surface area contributed by atoms with Crippen molar-refractivity contribution >= 4 is 12.0 Å². The van der Waals surface area contributed by atoms with Crippen molar-refractivity contribution in [2.45, 2.75) is 45.3 Å². The molecular weight excluding hydrogens is 234 g/mol. The fourth-order valence-electron chi connectivity index (χ4n) is 2.14. The quantitative estimate of drug-likeness (QED) is 0.830. The zero-order valence-corrected chi connectivity index (χ0v) is 11.0. The van der Waals surface area contributed by atoms with Crippen molar-refractivity contribution in [2.75, 3.05) is 12.3 Å². The molecule has 2 rings (SSSR count). The van der Waals surface area contributed by atoms with Gasteiger partial charge in [0.05, 0.1) is 17.8 Å². The number of nitrogens with zero attached hydrogens (tertiary/aromatic N) is 2. The van der Waals surface area contributed by atoms with Gasteiger partial charge in [-0.25, -0.2) is 4.79 Å². The summed E-state index contributed by atoms with van der Waals surface area (Å²) in [6.07, 6.45) is 3.03. The third kappa shape index (κ3) is 2.57. The number of hydrogen-bond donors (Lipinski definition) is 1. The minimum atomic E-state index is -0.496. The van der Waals surface area contributed by atoms with E-state index < -0.39 is 5.60 Å². The molecule has 0 aliphatic carbocycles. The Bertz CT molecular complexity index is 436. The van der Waals surface area contributed by atoms with Crippen LogP contribution in [0.2, 0.25) is 0 Å². The highest BCUT2D eigenvalue weighted by atomic mass is 16.6. The second-order valence-electron chi connectivity index (χ2n) is 5.48. The summed E-state index contributed by atoms with van der Waals surface area (Å²) in [4.78, 5) is 13.8. The zero-order valence-electron chi connectivity index (χ0n) is 11.0. The van der Waals surface area contributed by atoms with Gasteiger partial charge in [0, 0.05) is 6.54 Å². The molecule has 1 aliphatic heterocycles. The second-order valence-corrected chi connectivity index (χ2v) is 5.48. The van der Waals surface area contributed by atoms with Gasteiger partial charge in [-0.1, -0.05) is 5.16 Å². The first-order valence-corrected chi connectivity index (χ1v) is 6.08. The van der Waals surface area contributed by atoms with Crippen molar-refractivity contribution in [1.82, 2.24) is 10.1 Å². The van der Waals surface area contributed by atoms with Crippen LogP contribution in [0.4, 0.5) is 10.7 Å². The molecule has 100 valence electrons. The highest BCUT2D eigenvalue weighted by Crippen LogP contribution is 2.35. The first-order valence-electron chi connectivity index (χ1n) is 6.08. The minimum Gasteiger partial charge on any atom is -0.444 e. The summed E-state index contributed by atoms with van der Waals surface area (Å²) in [5.74, 6) is 0.274. The molecule has 6 heteroatoms. The maximum absolute atomic E-state index is 12.1. The van der Waals surface area contributed by atoms with Crippen LogP contribution in [0.5, 0.6) is 0 Å². The molecule has 0 saturated carbocycles. The van der Waals surface area contributed by atoms with E-state index in [-0.39, 0.29) is 18.0 Å². The van der Waals surface area contributed by atoms with Gasteiger partial charge in [0.15, 0.2) is 0 Å². The molecule has 1 fully saturated rings. The lowest BCUT2D eigenvalue weighted by atomic mass is 10.1. The summed E-state index contributed by atoms with van der Waals surface area (Å²) in [7, 11) is 0. The third-order valence-electron chi connectivity index (χ3n) is 2.87. The zero-order chi connectivity index (χ0) is 13.3. The largest absolute Gasteiger partial charge is 0.444 e. The highest BCUT2D eigenvalue weighted by Gasteiger charge is 2.35. The Labute approximate surface area is 106 Å². The van der Waals surface area contributed by atoms with Gasteiger partial charge >= 0.3 is 6.09 Å². The Balaban J connectivity index is 2.13. The summed E-state index contributed by atoms with van der Waals surface area (Å²) in [6, 6.07) is -0.0916. The Hall–Kier alpha value is -1.72. The lowest BCUT2D eigenvalue weighted by Crippen LogP contribution is -2.36. The van der Waals surface area contributed by atoms with E-state index in [1.165, 1.54) is 0 Å². The van der Waals surface area contributed by atoms with E-state index in [1.807, 2.05) is 20.8 Å². The predicted molar refractivity (Wildman–Crippen MR) is 65.8 cm³/mol. The SMILES string of the molecule is CC(C)(C)OC(=O)N1CCCC1c1cnoc1N. The first kappa shape index (κ1) is 12.7. The monoisotopic (exact) mass is 253 g/mol. The van der Waals surface area contributed by atoms with Crippen LogP contribution in [0.3, 0.4) is 0 Å². The normalized spacial score (nSPS) is 20.2. The molecule has 1 aromatic rings. The number of hydrogen-bond acceptors (Lipinski definition) is 5. The van der Waals surface area contributed by atoms with E-state index in [9.17, 15) is 4.79 Å². The molecule has 1 aromatic heterocycles. The molecular formula is C12H19N3O3. The van der Waals surface area contributed by atoms with Gasteiger partial charge in [-0.15, -0.1) is 0 Å². The molecule has 18 heavy (non-hydrogen) atoms. The van der Waals surface area contributed by atoms with Crippen molar-refractivity contribution < 1.29 is 14.1 Å². The van der Waals surface area contributed by atoms with Crippen LogP contribution in [0.1, 0.15) is 45.2 Å². The number of anilines is 1. The number of amides is 1. The van der Waals surface area contributed by atoms with E-state index in [0.29, 0.717) is 6.54 Å². The van der Waals surface area contributed by atoms with Crippen LogP contribution in [-0.4, -0.2) is 28.3 Å². The number of carbonyl (C=O) groups is 1. The van der Waals surface area contributed by atoms with Gasteiger partial charge < -0.3 is 19.9 Å². The second kappa shape index (κ2) is 4.51. The molecule has 0 bridgehead atoms. The van der Waals surface area contributed by atoms with Gasteiger partial charge in [-0.05, 0) is 33.6 Å². The molecule has 1 atom stereocenters. The Morgan fingerprint density at radius 1 is 1.61 bits per heavy atom. The number of aromatic nitrogens is 1. The van der Waals surface area contributed by atoms with E-state index in [0.717, 1.165) is 18.4 Å². The Kier molecular flexibility index (Phi) is 3.19. The molecule has 0 spiro atoms. The summed E-state index contributed by atoms with van der Waals surface area (Å²) in [5.41, 5.74) is 5.97. The topological polar surface area (TPSA) is 81.6 Å². The van der Waals surface area contributed by atoms with Crippen LogP contribution < -0.4 is 5.73 Å². The summed E-state index contributed by atoms with van der Waals surface area (Å²) in [5, 5.41) is 3.66. The van der Waals surface area contributed by atoms with Gasteiger partial charge in [-0.3, -0.25) is 0 Å². The molecule has 0 aromatic carbocycles. The number of nitrogen functional groups attached to an aromatic ring is 1. The standard InChI is InChI=1S/C12H19N3O3/c1-12(2,3)17-11(16)15-6-4-5-9(15)8-7-14-18-10(8)13/h7,9H,4-6,13H2,1-3H3. The van der Waals surface area contributed by atoms with Crippen molar-refractivity contribution in [3.63, 3.8) is 0 Å². The van der Waals surface area contributed by atoms with Crippen LogP contribution in [0, 0.1) is 0 Å². The average molecular weight is 253 g/mol. The fraction of sp³-hybridized carbons (Fsp3) is 0.667. The van der Waals surface area contributed by atoms with Gasteiger partial charge in [0.1, 0.15) is 5.60 Å². The van der Waals surface area contributed by atoms with E-state index in [4.69, 9.17) is 15.0 Å². The van der Waals surface area contributed by atoms with Gasteiger partial charge in [0.25, 0.3) is 0 Å². The third-order valence-corrected chi connectivity index (χ3v) is 2.87. The molecule has 2 heterocycles. The number of nitrogens with two attached hydrogens (primary N) is 1. The van der Waals surface area contributed by atoms with Crippen LogP contribution in [0.25, 0.3) is 0 Å². The molecule has 1 amide bonds. The van der Waals surface area contributed by atoms with Crippen LogP contribution in [-0.2, 0) is 4.74 Å². The Morgan fingerprint density at radius 2 is 2.33 bits per heavy atom. The molecule has 0 radical (unpaired) electrons. The number of likely N-dealkylation sites (tertiary alicyclic amines) is 1. The Morgan fingerprint density at radius 3 is 2.89 bits per heavy atom. The van der Waals surface area contributed by atoms with Crippen molar-refractivity contribution in [3.8, 4) is 0 Å². The van der Waals surface area contributed by atoms with E-state index in [2.05, 4.69) is 5.16 Å². The predicted octanol–water partition coefficient (Wildman–Crippen LogP) is 2.33. The maximum atomic E-state index is 12.1. The first-order chi connectivity index (χ1) is 8.38. The fourth-order valence-corrected chi connectivity index (χ4v) is 2.14.